The fourth-order valence-electron chi connectivity index (χ4n) is 2.79. The van der Waals surface area contributed by atoms with Crippen molar-refractivity contribution in [1.29, 1.82) is 0 Å². The van der Waals surface area contributed by atoms with E-state index in [0.717, 1.165) is 12.1 Å². The van der Waals surface area contributed by atoms with Gasteiger partial charge in [0.05, 0.1) is 5.69 Å². The van der Waals surface area contributed by atoms with Crippen LogP contribution in [0.3, 0.4) is 0 Å². The molecule has 0 bridgehead atoms. The Balaban J connectivity index is 1.73. The summed E-state index contributed by atoms with van der Waals surface area (Å²) in [4.78, 5) is 0. The molecule has 0 aliphatic rings. The highest BCUT2D eigenvalue weighted by molar-refractivity contribution is 6.30. The molecule has 4 aromatic rings. The standard InChI is InChI=1S/C21H13ClF3N3O/c22-14-6-4-12(5-7-14)19(26-18-9-8-16(24)11-17(18)25)21-28-27-20(29-21)13-2-1-3-15(23)10-13/h1-11,19,26H. The lowest BCUT2D eigenvalue weighted by atomic mass is 10.1. The fraction of sp³-hybridized carbons (Fsp3) is 0.0476. The Morgan fingerprint density at radius 1 is 0.862 bits per heavy atom. The molecule has 1 atom stereocenters. The van der Waals surface area contributed by atoms with Crippen molar-refractivity contribution >= 4 is 17.3 Å². The molecule has 29 heavy (non-hydrogen) atoms. The SMILES string of the molecule is Fc1cccc(-c2nnc(C(Nc3ccc(F)cc3F)c3ccc(Cl)cc3)o2)c1. The highest BCUT2D eigenvalue weighted by atomic mass is 35.5. The molecule has 3 aromatic carbocycles. The first-order valence-electron chi connectivity index (χ1n) is 8.56. The maximum absolute atomic E-state index is 14.2. The predicted octanol–water partition coefficient (Wildman–Crippen LogP) is 6.01. The molecule has 0 spiro atoms. The van der Waals surface area contributed by atoms with E-state index in [0.29, 0.717) is 16.1 Å². The zero-order valence-corrected chi connectivity index (χ0v) is 15.5. The van der Waals surface area contributed by atoms with Gasteiger partial charge < -0.3 is 9.73 Å². The molecule has 0 saturated carbocycles. The minimum atomic E-state index is -0.770. The first-order chi connectivity index (χ1) is 14.0. The van der Waals surface area contributed by atoms with Crippen LogP contribution in [0.4, 0.5) is 18.9 Å². The normalized spacial score (nSPS) is 12.0. The van der Waals surface area contributed by atoms with Crippen LogP contribution in [0.2, 0.25) is 5.02 Å². The van der Waals surface area contributed by atoms with Gasteiger partial charge in [-0.1, -0.05) is 29.8 Å². The van der Waals surface area contributed by atoms with Gasteiger partial charge in [0.2, 0.25) is 11.8 Å². The molecule has 0 fully saturated rings. The van der Waals surface area contributed by atoms with Gasteiger partial charge >= 0.3 is 0 Å². The Labute approximate surface area is 169 Å². The number of rotatable bonds is 5. The van der Waals surface area contributed by atoms with Gasteiger partial charge in [-0.3, -0.25) is 0 Å². The number of nitrogens with one attached hydrogen (secondary N) is 1. The van der Waals surface area contributed by atoms with Crippen LogP contribution >= 0.6 is 11.6 Å². The number of hydrogen-bond acceptors (Lipinski definition) is 4. The molecule has 146 valence electrons. The average Bonchev–Trinajstić information content (AvgIpc) is 3.18. The van der Waals surface area contributed by atoms with E-state index in [-0.39, 0.29) is 17.5 Å². The summed E-state index contributed by atoms with van der Waals surface area (Å²) in [5, 5.41) is 11.5. The Morgan fingerprint density at radius 2 is 1.62 bits per heavy atom. The molecule has 0 aliphatic carbocycles. The van der Waals surface area contributed by atoms with Crippen molar-refractivity contribution < 1.29 is 17.6 Å². The molecular weight excluding hydrogens is 403 g/mol. The van der Waals surface area contributed by atoms with E-state index in [1.54, 1.807) is 30.3 Å². The minimum absolute atomic E-state index is 0.0526. The van der Waals surface area contributed by atoms with Crippen LogP contribution in [0, 0.1) is 17.5 Å². The Morgan fingerprint density at radius 3 is 2.34 bits per heavy atom. The van der Waals surface area contributed by atoms with Crippen LogP contribution in [0.5, 0.6) is 0 Å². The van der Waals surface area contributed by atoms with Crippen LogP contribution in [-0.2, 0) is 0 Å². The fourth-order valence-corrected chi connectivity index (χ4v) is 2.92. The third kappa shape index (κ3) is 4.25. The second kappa shape index (κ2) is 7.97. The van der Waals surface area contributed by atoms with Gasteiger partial charge in [0, 0.05) is 16.7 Å². The van der Waals surface area contributed by atoms with Crippen molar-refractivity contribution in [3.63, 3.8) is 0 Å². The Hall–Kier alpha value is -3.32. The number of hydrogen-bond donors (Lipinski definition) is 1. The summed E-state index contributed by atoms with van der Waals surface area (Å²) in [5.74, 6) is -1.67. The molecule has 1 unspecified atom stereocenters. The second-order valence-corrected chi connectivity index (χ2v) is 6.65. The van der Waals surface area contributed by atoms with Gasteiger partial charge in [0.1, 0.15) is 23.5 Å². The lowest BCUT2D eigenvalue weighted by Crippen LogP contribution is -2.14. The first-order valence-corrected chi connectivity index (χ1v) is 8.94. The summed E-state index contributed by atoms with van der Waals surface area (Å²) in [7, 11) is 0. The van der Waals surface area contributed by atoms with Crippen LogP contribution in [0.25, 0.3) is 11.5 Å². The lowest BCUT2D eigenvalue weighted by molar-refractivity contribution is 0.492. The van der Waals surface area contributed by atoms with E-state index in [1.807, 2.05) is 0 Å². The van der Waals surface area contributed by atoms with Crippen molar-refractivity contribution in [2.45, 2.75) is 6.04 Å². The molecule has 4 rings (SSSR count). The molecule has 8 heteroatoms. The van der Waals surface area contributed by atoms with Crippen molar-refractivity contribution in [3.05, 3.63) is 101 Å². The number of halogens is 4. The smallest absolute Gasteiger partial charge is 0.247 e. The van der Waals surface area contributed by atoms with Crippen LogP contribution in [0.15, 0.2) is 71.1 Å². The van der Waals surface area contributed by atoms with Crippen LogP contribution in [0.1, 0.15) is 17.5 Å². The summed E-state index contributed by atoms with van der Waals surface area (Å²) < 4.78 is 46.7. The minimum Gasteiger partial charge on any atom is -0.418 e. The third-order valence-electron chi connectivity index (χ3n) is 4.19. The number of anilines is 1. The number of nitrogens with zero attached hydrogens (tertiary/aromatic N) is 2. The summed E-state index contributed by atoms with van der Waals surface area (Å²) in [5.41, 5.74) is 1.12. The molecule has 1 aromatic heterocycles. The van der Waals surface area contributed by atoms with E-state index in [2.05, 4.69) is 15.5 Å². The van der Waals surface area contributed by atoms with Gasteiger partial charge in [-0.05, 0) is 48.0 Å². The molecule has 0 amide bonds. The number of aromatic nitrogens is 2. The van der Waals surface area contributed by atoms with Crippen molar-refractivity contribution in [1.82, 2.24) is 10.2 Å². The van der Waals surface area contributed by atoms with E-state index in [4.69, 9.17) is 16.0 Å². The molecule has 0 radical (unpaired) electrons. The molecule has 1 N–H and O–H groups in total. The Kier molecular flexibility index (Phi) is 5.22. The van der Waals surface area contributed by atoms with E-state index >= 15 is 0 Å². The zero-order chi connectivity index (χ0) is 20.4. The third-order valence-corrected chi connectivity index (χ3v) is 4.45. The van der Waals surface area contributed by atoms with Gasteiger partial charge in [-0.15, -0.1) is 10.2 Å². The summed E-state index contributed by atoms with van der Waals surface area (Å²) >= 11 is 5.96. The quantitative estimate of drug-likeness (QED) is 0.433. The molecular formula is C21H13ClF3N3O. The monoisotopic (exact) mass is 415 g/mol. The second-order valence-electron chi connectivity index (χ2n) is 6.21. The molecule has 1 heterocycles. The van der Waals surface area contributed by atoms with Crippen molar-refractivity contribution in [2.24, 2.45) is 0 Å². The van der Waals surface area contributed by atoms with Crippen molar-refractivity contribution in [3.8, 4) is 11.5 Å². The maximum atomic E-state index is 14.2. The van der Waals surface area contributed by atoms with Gasteiger partial charge in [-0.25, -0.2) is 13.2 Å². The van der Waals surface area contributed by atoms with E-state index in [1.165, 1.54) is 24.3 Å². The van der Waals surface area contributed by atoms with Gasteiger partial charge in [0.25, 0.3) is 0 Å². The highest BCUT2D eigenvalue weighted by Crippen LogP contribution is 2.30. The first kappa shape index (κ1) is 19.0. The number of benzene rings is 3. The van der Waals surface area contributed by atoms with Crippen LogP contribution in [-0.4, -0.2) is 10.2 Å². The topological polar surface area (TPSA) is 51.0 Å². The van der Waals surface area contributed by atoms with E-state index in [9.17, 15) is 13.2 Å². The lowest BCUT2D eigenvalue weighted by Gasteiger charge is -2.17. The zero-order valence-electron chi connectivity index (χ0n) is 14.7. The molecule has 0 saturated heterocycles. The summed E-state index contributed by atoms with van der Waals surface area (Å²) in [6, 6.07) is 14.9. The highest BCUT2D eigenvalue weighted by Gasteiger charge is 2.23. The molecule has 4 nitrogen and oxygen atoms in total. The summed E-state index contributed by atoms with van der Waals surface area (Å²) in [6.07, 6.45) is 0. The Bertz CT molecular complexity index is 1150. The van der Waals surface area contributed by atoms with E-state index < -0.39 is 23.5 Å². The largest absolute Gasteiger partial charge is 0.418 e. The summed E-state index contributed by atoms with van der Waals surface area (Å²) in [6.45, 7) is 0. The van der Waals surface area contributed by atoms with Gasteiger partial charge in [0.15, 0.2) is 0 Å². The average molecular weight is 416 g/mol. The maximum Gasteiger partial charge on any atom is 0.247 e. The van der Waals surface area contributed by atoms with Crippen LogP contribution < -0.4 is 5.32 Å². The van der Waals surface area contributed by atoms with Crippen molar-refractivity contribution in [2.75, 3.05) is 5.32 Å². The predicted molar refractivity (Wildman–Crippen MR) is 103 cm³/mol. The van der Waals surface area contributed by atoms with Gasteiger partial charge in [-0.2, -0.15) is 0 Å². The molecule has 0 aliphatic heterocycles.